The highest BCUT2D eigenvalue weighted by Crippen LogP contribution is 2.26. The first-order chi connectivity index (χ1) is 11.1. The minimum absolute atomic E-state index is 0.119. The van der Waals surface area contributed by atoms with E-state index in [1.54, 1.807) is 0 Å². The van der Waals surface area contributed by atoms with E-state index in [1.807, 2.05) is 12.1 Å². The lowest BCUT2D eigenvalue weighted by molar-refractivity contribution is -0.131. The van der Waals surface area contributed by atoms with Gasteiger partial charge in [0.05, 0.1) is 22.4 Å². The number of thiophene rings is 1. The fraction of sp³-hybridized carbons (Fsp3) is 0.600. The Morgan fingerprint density at radius 3 is 3.00 bits per heavy atom. The van der Waals surface area contributed by atoms with Crippen LogP contribution in [0.4, 0.5) is 0 Å². The van der Waals surface area contributed by atoms with E-state index >= 15 is 0 Å². The van der Waals surface area contributed by atoms with E-state index in [9.17, 15) is 4.79 Å². The number of nitrogens with zero attached hydrogens (tertiary/aromatic N) is 2. The van der Waals surface area contributed by atoms with Gasteiger partial charge in [-0.1, -0.05) is 16.8 Å². The fourth-order valence-electron chi connectivity index (χ4n) is 2.64. The molecule has 1 aromatic rings. The van der Waals surface area contributed by atoms with E-state index in [1.165, 1.54) is 11.3 Å². The quantitative estimate of drug-likeness (QED) is 0.871. The molecular weight excluding hydrogens is 338 g/mol. The number of morpholine rings is 1. The summed E-state index contributed by atoms with van der Waals surface area (Å²) in [5.74, 6) is -0.119. The van der Waals surface area contributed by atoms with Gasteiger partial charge < -0.3 is 14.9 Å². The molecule has 3 rings (SSSR count). The van der Waals surface area contributed by atoms with Crippen LogP contribution in [0.1, 0.15) is 18.2 Å². The molecule has 0 aliphatic carbocycles. The zero-order valence-electron chi connectivity index (χ0n) is 13.0. The Morgan fingerprint density at radius 1 is 1.52 bits per heavy atom. The molecule has 0 spiro atoms. The first-order valence-corrected chi connectivity index (χ1v) is 8.91. The van der Waals surface area contributed by atoms with Crippen molar-refractivity contribution in [1.29, 1.82) is 0 Å². The number of hydrogen-bond donors (Lipinski definition) is 1. The molecule has 1 N–H and O–H groups in total. The molecule has 0 saturated carbocycles. The molecule has 2 aliphatic rings. The van der Waals surface area contributed by atoms with Gasteiger partial charge in [0.15, 0.2) is 0 Å². The minimum Gasteiger partial charge on any atom is -0.382 e. The molecule has 23 heavy (non-hydrogen) atoms. The maximum atomic E-state index is 12.2. The topological polar surface area (TPSA) is 63.2 Å². The zero-order valence-corrected chi connectivity index (χ0v) is 14.5. The van der Waals surface area contributed by atoms with Gasteiger partial charge in [0.2, 0.25) is 6.10 Å². The maximum Gasteiger partial charge on any atom is 0.264 e. The summed E-state index contributed by atoms with van der Waals surface area (Å²) in [4.78, 5) is 20.8. The average Bonchev–Trinajstić information content (AvgIpc) is 3.22. The summed E-state index contributed by atoms with van der Waals surface area (Å²) in [7, 11) is 0. The van der Waals surface area contributed by atoms with Crippen LogP contribution in [0.25, 0.3) is 0 Å². The van der Waals surface area contributed by atoms with Crippen LogP contribution in [0, 0.1) is 0 Å². The summed E-state index contributed by atoms with van der Waals surface area (Å²) in [6.07, 6.45) is -0.0722. The Hall–Kier alpha value is -1.15. The molecule has 6 nitrogen and oxygen atoms in total. The normalized spacial score (nSPS) is 23.2. The molecule has 1 aromatic heterocycles. The maximum absolute atomic E-state index is 12.2. The van der Waals surface area contributed by atoms with Crippen LogP contribution >= 0.6 is 22.9 Å². The Balaban J connectivity index is 1.44. The second kappa shape index (κ2) is 7.61. The number of oxime groups is 1. The van der Waals surface area contributed by atoms with E-state index in [-0.39, 0.29) is 11.9 Å². The molecule has 0 unspecified atom stereocenters. The Labute approximate surface area is 144 Å². The van der Waals surface area contributed by atoms with Crippen LogP contribution < -0.4 is 5.32 Å². The van der Waals surface area contributed by atoms with E-state index in [4.69, 9.17) is 21.2 Å². The highest BCUT2D eigenvalue weighted by Gasteiger charge is 2.30. The van der Waals surface area contributed by atoms with E-state index in [0.717, 1.165) is 36.9 Å². The van der Waals surface area contributed by atoms with Crippen LogP contribution in [-0.4, -0.2) is 61.5 Å². The van der Waals surface area contributed by atoms with Crippen LogP contribution in [-0.2, 0) is 14.4 Å². The number of amides is 1. The molecule has 1 saturated heterocycles. The SMILES string of the molecule is C[C@@H](CNC(=O)[C@H]1CC(c2ccc(Cl)s2)=NO1)N1CCOCC1. The van der Waals surface area contributed by atoms with Crippen LogP contribution in [0.2, 0.25) is 4.34 Å². The number of ether oxygens (including phenoxy) is 1. The van der Waals surface area contributed by atoms with Gasteiger partial charge in [-0.05, 0) is 19.1 Å². The standard InChI is InChI=1S/C15H20ClN3O3S/c1-10(19-4-6-21-7-5-19)9-17-15(20)12-8-11(18-22-12)13-2-3-14(16)23-13/h2-3,10,12H,4-9H2,1H3,(H,17,20)/t10-,12+/m0/s1. The number of rotatable bonds is 5. The minimum atomic E-state index is -0.553. The van der Waals surface area contributed by atoms with Gasteiger partial charge >= 0.3 is 0 Å². The zero-order chi connectivity index (χ0) is 16.2. The van der Waals surface area contributed by atoms with Gasteiger partial charge in [-0.15, -0.1) is 11.3 Å². The molecule has 126 valence electrons. The molecule has 2 aliphatic heterocycles. The largest absolute Gasteiger partial charge is 0.382 e. The summed E-state index contributed by atoms with van der Waals surface area (Å²) in [5, 5.41) is 6.98. The molecule has 0 bridgehead atoms. The number of carbonyl (C=O) groups is 1. The Morgan fingerprint density at radius 2 is 2.30 bits per heavy atom. The van der Waals surface area contributed by atoms with E-state index in [2.05, 4.69) is 22.3 Å². The molecule has 1 fully saturated rings. The number of hydrogen-bond acceptors (Lipinski definition) is 6. The lowest BCUT2D eigenvalue weighted by Crippen LogP contribution is -2.48. The smallest absolute Gasteiger partial charge is 0.264 e. The molecule has 3 heterocycles. The van der Waals surface area contributed by atoms with Gasteiger partial charge in [-0.3, -0.25) is 9.69 Å². The van der Waals surface area contributed by atoms with Gasteiger partial charge in [0.25, 0.3) is 5.91 Å². The molecule has 0 aromatic carbocycles. The van der Waals surface area contributed by atoms with Crippen LogP contribution in [0.5, 0.6) is 0 Å². The predicted octanol–water partition coefficient (Wildman–Crippen LogP) is 1.73. The van der Waals surface area contributed by atoms with E-state index < -0.39 is 6.10 Å². The van der Waals surface area contributed by atoms with Gasteiger partial charge in [0.1, 0.15) is 5.71 Å². The van der Waals surface area contributed by atoms with Gasteiger partial charge in [-0.2, -0.15) is 0 Å². The molecular formula is C15H20ClN3O3S. The van der Waals surface area contributed by atoms with E-state index in [0.29, 0.717) is 17.3 Å². The predicted molar refractivity (Wildman–Crippen MR) is 90.2 cm³/mol. The number of halogens is 1. The van der Waals surface area contributed by atoms with Crippen LogP contribution in [0.3, 0.4) is 0 Å². The van der Waals surface area contributed by atoms with Crippen molar-refractivity contribution in [3.63, 3.8) is 0 Å². The van der Waals surface area contributed by atoms with Crippen molar-refractivity contribution in [3.05, 3.63) is 21.3 Å². The summed E-state index contributed by atoms with van der Waals surface area (Å²) in [5.41, 5.74) is 0.781. The fourth-order valence-corrected chi connectivity index (χ4v) is 3.68. The molecule has 8 heteroatoms. The Kier molecular flexibility index (Phi) is 5.53. The number of carbonyl (C=O) groups excluding carboxylic acids is 1. The highest BCUT2D eigenvalue weighted by molar-refractivity contribution is 7.18. The van der Waals surface area contributed by atoms with Crippen molar-refractivity contribution in [2.75, 3.05) is 32.8 Å². The first kappa shape index (κ1) is 16.7. The van der Waals surface area contributed by atoms with Crippen molar-refractivity contribution < 1.29 is 14.4 Å². The first-order valence-electron chi connectivity index (χ1n) is 7.71. The monoisotopic (exact) mass is 357 g/mol. The third-order valence-corrected chi connectivity index (χ3v) is 5.34. The summed E-state index contributed by atoms with van der Waals surface area (Å²) < 4.78 is 6.04. The molecule has 2 atom stereocenters. The third kappa shape index (κ3) is 4.23. The summed E-state index contributed by atoms with van der Waals surface area (Å²) >= 11 is 7.37. The number of nitrogens with one attached hydrogen (secondary N) is 1. The molecule has 1 amide bonds. The summed E-state index contributed by atoms with van der Waals surface area (Å²) in [6, 6.07) is 4.00. The Bertz CT molecular complexity index is 586. The van der Waals surface area contributed by atoms with Crippen molar-refractivity contribution in [1.82, 2.24) is 10.2 Å². The average molecular weight is 358 g/mol. The second-order valence-electron chi connectivity index (χ2n) is 5.68. The summed E-state index contributed by atoms with van der Waals surface area (Å²) in [6.45, 7) is 6.03. The highest BCUT2D eigenvalue weighted by atomic mass is 35.5. The van der Waals surface area contributed by atoms with Crippen molar-refractivity contribution >= 4 is 34.6 Å². The lowest BCUT2D eigenvalue weighted by atomic mass is 10.1. The van der Waals surface area contributed by atoms with Gasteiger partial charge in [0, 0.05) is 32.1 Å². The van der Waals surface area contributed by atoms with Gasteiger partial charge in [-0.25, -0.2) is 0 Å². The molecule has 0 radical (unpaired) electrons. The van der Waals surface area contributed by atoms with Crippen molar-refractivity contribution in [2.24, 2.45) is 5.16 Å². The van der Waals surface area contributed by atoms with Crippen molar-refractivity contribution in [3.8, 4) is 0 Å². The lowest BCUT2D eigenvalue weighted by Gasteiger charge is -2.32. The third-order valence-electron chi connectivity index (χ3n) is 4.06. The second-order valence-corrected chi connectivity index (χ2v) is 7.40. The van der Waals surface area contributed by atoms with Crippen LogP contribution in [0.15, 0.2) is 17.3 Å². The van der Waals surface area contributed by atoms with Crippen molar-refractivity contribution in [2.45, 2.75) is 25.5 Å².